The number of nitrogens with zero attached hydrogens (tertiary/aromatic N) is 2. The van der Waals surface area contributed by atoms with Crippen LogP contribution in [0.1, 0.15) is 53.7 Å². The van der Waals surface area contributed by atoms with Crippen molar-refractivity contribution in [3.63, 3.8) is 0 Å². The molecule has 1 spiro atoms. The highest BCUT2D eigenvalue weighted by atomic mass is 79.9. The van der Waals surface area contributed by atoms with E-state index in [0.29, 0.717) is 24.4 Å². The van der Waals surface area contributed by atoms with Gasteiger partial charge in [0.15, 0.2) is 5.78 Å². The maximum Gasteiger partial charge on any atom is 0.306 e. The summed E-state index contributed by atoms with van der Waals surface area (Å²) in [6.07, 6.45) is 7.80. The van der Waals surface area contributed by atoms with Crippen LogP contribution in [-0.2, 0) is 11.3 Å². The van der Waals surface area contributed by atoms with Crippen LogP contribution in [0.3, 0.4) is 0 Å². The number of carbonyl (C=O) groups excluding carboxylic acids is 1. The van der Waals surface area contributed by atoms with E-state index in [-0.39, 0.29) is 17.1 Å². The maximum atomic E-state index is 13.3. The molecule has 0 radical (unpaired) electrons. The molecule has 160 valence electrons. The Balaban J connectivity index is 1.34. The van der Waals surface area contributed by atoms with Gasteiger partial charge in [0.2, 0.25) is 0 Å². The van der Waals surface area contributed by atoms with Crippen LogP contribution in [0.2, 0.25) is 0 Å². The third-order valence-corrected chi connectivity index (χ3v) is 7.72. The van der Waals surface area contributed by atoms with E-state index in [1.54, 1.807) is 6.20 Å². The third-order valence-electron chi connectivity index (χ3n) is 7.19. The number of hydrogen-bond acceptors (Lipinski definition) is 3. The number of fused-ring (bicyclic) bond motifs is 1. The number of ketones is 1. The average Bonchev–Trinajstić information content (AvgIpc) is 3.09. The lowest BCUT2D eigenvalue weighted by molar-refractivity contribution is -0.157. The Morgan fingerprint density at radius 3 is 2.55 bits per heavy atom. The van der Waals surface area contributed by atoms with E-state index in [1.807, 2.05) is 31.3 Å². The molecule has 0 atom stereocenters. The van der Waals surface area contributed by atoms with Crippen LogP contribution >= 0.6 is 15.9 Å². The zero-order chi connectivity index (χ0) is 21.8. The van der Waals surface area contributed by atoms with Crippen molar-refractivity contribution in [1.82, 2.24) is 9.55 Å². The minimum Gasteiger partial charge on any atom is -0.481 e. The number of hydrogen-bond donors (Lipinski definition) is 1. The van der Waals surface area contributed by atoms with Gasteiger partial charge in [0, 0.05) is 40.9 Å². The predicted octanol–water partition coefficient (Wildman–Crippen LogP) is 5.62. The molecule has 31 heavy (non-hydrogen) atoms. The molecule has 0 bridgehead atoms. The molecule has 2 heterocycles. The highest BCUT2D eigenvalue weighted by molar-refractivity contribution is 9.10. The second-order valence-electron chi connectivity index (χ2n) is 9.43. The molecule has 5 nitrogen and oxygen atoms in total. The predicted molar refractivity (Wildman–Crippen MR) is 122 cm³/mol. The van der Waals surface area contributed by atoms with Gasteiger partial charge in [-0.05, 0) is 67.7 Å². The van der Waals surface area contributed by atoms with Gasteiger partial charge in [0.05, 0.1) is 17.0 Å². The molecule has 0 unspecified atom stereocenters. The van der Waals surface area contributed by atoms with E-state index in [4.69, 9.17) is 5.11 Å². The van der Waals surface area contributed by atoms with Gasteiger partial charge in [-0.3, -0.25) is 14.6 Å². The molecule has 5 rings (SSSR count). The number of halogens is 1. The van der Waals surface area contributed by atoms with Gasteiger partial charge in [-0.2, -0.15) is 0 Å². The summed E-state index contributed by atoms with van der Waals surface area (Å²) in [5.74, 6) is -0.361. The van der Waals surface area contributed by atoms with E-state index in [1.165, 1.54) is 5.56 Å². The zero-order valence-corrected chi connectivity index (χ0v) is 19.1. The molecule has 2 aromatic heterocycles. The van der Waals surface area contributed by atoms with Gasteiger partial charge in [-0.25, -0.2) is 0 Å². The first-order chi connectivity index (χ1) is 14.8. The van der Waals surface area contributed by atoms with Crippen molar-refractivity contribution in [1.29, 1.82) is 0 Å². The number of aryl methyl sites for hydroxylation is 1. The second kappa shape index (κ2) is 7.59. The number of aromatic nitrogens is 2. The largest absolute Gasteiger partial charge is 0.481 e. The van der Waals surface area contributed by atoms with E-state index in [2.05, 4.69) is 37.6 Å². The summed E-state index contributed by atoms with van der Waals surface area (Å²) in [4.78, 5) is 28.8. The number of aliphatic carboxylic acids is 1. The molecule has 1 N–H and O–H groups in total. The third kappa shape index (κ3) is 3.71. The van der Waals surface area contributed by atoms with E-state index < -0.39 is 5.97 Å². The highest BCUT2D eigenvalue weighted by Crippen LogP contribution is 2.62. The fraction of sp³-hybridized carbons (Fsp3) is 0.400. The minimum atomic E-state index is -0.676. The van der Waals surface area contributed by atoms with E-state index in [9.17, 15) is 9.59 Å². The zero-order valence-electron chi connectivity index (χ0n) is 17.5. The van der Waals surface area contributed by atoms with Crippen LogP contribution in [0.15, 0.2) is 47.2 Å². The summed E-state index contributed by atoms with van der Waals surface area (Å²) < 4.78 is 3.19. The number of Topliss-reactive ketones (excluding diaryl/α,β-unsaturated/α-hetero) is 1. The fourth-order valence-corrected chi connectivity index (χ4v) is 5.92. The number of benzene rings is 1. The van der Waals surface area contributed by atoms with E-state index in [0.717, 1.165) is 46.8 Å². The quantitative estimate of drug-likeness (QED) is 0.464. The first kappa shape index (κ1) is 20.4. The van der Waals surface area contributed by atoms with Crippen LogP contribution in [0.4, 0.5) is 0 Å². The average molecular weight is 481 g/mol. The second-order valence-corrected chi connectivity index (χ2v) is 10.4. The molecule has 3 aromatic rings. The van der Waals surface area contributed by atoms with Gasteiger partial charge in [-0.15, -0.1) is 0 Å². The van der Waals surface area contributed by atoms with Crippen molar-refractivity contribution in [2.45, 2.75) is 45.6 Å². The molecule has 2 aliphatic rings. The van der Waals surface area contributed by atoms with Gasteiger partial charge >= 0.3 is 5.97 Å². The summed E-state index contributed by atoms with van der Waals surface area (Å²) in [7, 11) is 0. The summed E-state index contributed by atoms with van der Waals surface area (Å²) in [5, 5.41) is 10.2. The monoisotopic (exact) mass is 480 g/mol. The summed E-state index contributed by atoms with van der Waals surface area (Å²) in [5.41, 5.74) is 3.95. The number of carboxylic acid groups (broad SMARTS) is 1. The van der Waals surface area contributed by atoms with Crippen molar-refractivity contribution in [3.8, 4) is 0 Å². The lowest BCUT2D eigenvalue weighted by Crippen LogP contribution is -2.50. The molecule has 1 aromatic carbocycles. The lowest BCUT2D eigenvalue weighted by Gasteiger charge is -2.56. The normalized spacial score (nSPS) is 24.7. The summed E-state index contributed by atoms with van der Waals surface area (Å²) >= 11 is 3.48. The van der Waals surface area contributed by atoms with Crippen LogP contribution in [0.25, 0.3) is 10.9 Å². The molecule has 2 fully saturated rings. The van der Waals surface area contributed by atoms with Gasteiger partial charge in [-0.1, -0.05) is 28.1 Å². The van der Waals surface area contributed by atoms with E-state index >= 15 is 0 Å². The number of carbonyl (C=O) groups is 2. The number of pyridine rings is 1. The number of carboxylic acids is 1. The Morgan fingerprint density at radius 2 is 1.87 bits per heavy atom. The lowest BCUT2D eigenvalue weighted by atomic mass is 9.47. The standard InChI is InChI=1S/C25H25BrN2O3/c1-15-20-6-7-28(14-16-2-4-19(26)5-3-16)23(20)21(13-27-15)22(29)8-17-9-25(10-17)11-18(12-25)24(30)31/h2-7,13,17-18H,8-12,14H2,1H3,(H,30,31). The topological polar surface area (TPSA) is 72.2 Å². The molecule has 0 amide bonds. The summed E-state index contributed by atoms with van der Waals surface area (Å²) in [6.45, 7) is 2.68. The molecule has 0 saturated heterocycles. The Kier molecular flexibility index (Phi) is 5.00. The molecular weight excluding hydrogens is 456 g/mol. The molecule has 6 heteroatoms. The molecular formula is C25H25BrN2O3. The van der Waals surface area contributed by atoms with Crippen molar-refractivity contribution < 1.29 is 14.7 Å². The molecule has 0 aliphatic heterocycles. The minimum absolute atomic E-state index is 0.141. The van der Waals surface area contributed by atoms with Gasteiger partial charge in [0.25, 0.3) is 0 Å². The van der Waals surface area contributed by atoms with Crippen molar-refractivity contribution in [2.24, 2.45) is 17.3 Å². The Morgan fingerprint density at radius 1 is 1.16 bits per heavy atom. The van der Waals surface area contributed by atoms with Crippen LogP contribution < -0.4 is 0 Å². The smallest absolute Gasteiger partial charge is 0.306 e. The Labute approximate surface area is 189 Å². The highest BCUT2D eigenvalue weighted by Gasteiger charge is 2.54. The van der Waals surface area contributed by atoms with Gasteiger partial charge < -0.3 is 9.67 Å². The van der Waals surface area contributed by atoms with Crippen molar-refractivity contribution in [2.75, 3.05) is 0 Å². The van der Waals surface area contributed by atoms with Crippen molar-refractivity contribution >= 4 is 38.6 Å². The fourth-order valence-electron chi connectivity index (χ4n) is 5.65. The Hall–Kier alpha value is -2.47. The SMILES string of the molecule is Cc1ncc(C(=O)CC2CC3(C2)CC(C(=O)O)C3)c2c1ccn2Cc1ccc(Br)cc1. The van der Waals surface area contributed by atoms with Crippen LogP contribution in [0.5, 0.6) is 0 Å². The molecule has 2 aliphatic carbocycles. The first-order valence-corrected chi connectivity index (χ1v) is 11.6. The Bertz CT molecular complexity index is 1170. The number of rotatable bonds is 6. The van der Waals surface area contributed by atoms with Crippen LogP contribution in [-0.4, -0.2) is 26.4 Å². The maximum absolute atomic E-state index is 13.3. The van der Waals surface area contributed by atoms with Crippen LogP contribution in [0, 0.1) is 24.2 Å². The molecule has 2 saturated carbocycles. The van der Waals surface area contributed by atoms with Gasteiger partial charge in [0.1, 0.15) is 0 Å². The summed E-state index contributed by atoms with van der Waals surface area (Å²) in [6, 6.07) is 10.3. The van der Waals surface area contributed by atoms with Crippen molar-refractivity contribution in [3.05, 3.63) is 64.0 Å². The first-order valence-electron chi connectivity index (χ1n) is 10.8.